The molecule has 0 spiro atoms. The number of carbonyl (C=O) groups is 1. The van der Waals surface area contributed by atoms with Gasteiger partial charge in [-0.1, -0.05) is 48.5 Å². The van der Waals surface area contributed by atoms with Gasteiger partial charge in [0, 0.05) is 49.8 Å². The molecule has 2 aromatic rings. The predicted molar refractivity (Wildman–Crippen MR) is 101 cm³/mol. The number of hydrogen-bond acceptors (Lipinski definition) is 3. The molecule has 0 aromatic heterocycles. The third-order valence-electron chi connectivity index (χ3n) is 4.34. The molecule has 0 saturated carbocycles. The largest absolute Gasteiger partial charge is 0.336 e. The maximum atomic E-state index is 12.4. The molecule has 24 heavy (non-hydrogen) atoms. The summed E-state index contributed by atoms with van der Waals surface area (Å²) >= 11 is 1.98. The third-order valence-corrected chi connectivity index (χ3v) is 5.35. The van der Waals surface area contributed by atoms with E-state index in [1.54, 1.807) is 0 Å². The number of benzene rings is 2. The molecule has 1 amide bonds. The molecule has 1 heterocycles. The standard InChI is InChI=1S/C20H24N2OS/c23-20(19-9-5-2-6-10-19)22-13-11-21(12-14-22)15-16-24-17-18-7-3-1-4-8-18/h1-10H,11-17H2. The highest BCUT2D eigenvalue weighted by Crippen LogP contribution is 2.13. The second kappa shape index (κ2) is 8.90. The predicted octanol–water partition coefficient (Wildman–Crippen LogP) is 3.38. The molecular weight excluding hydrogens is 316 g/mol. The van der Waals surface area contributed by atoms with Crippen LogP contribution in [0.4, 0.5) is 0 Å². The van der Waals surface area contributed by atoms with Gasteiger partial charge < -0.3 is 4.90 Å². The fraction of sp³-hybridized carbons (Fsp3) is 0.350. The van der Waals surface area contributed by atoms with E-state index in [-0.39, 0.29) is 5.91 Å². The van der Waals surface area contributed by atoms with Gasteiger partial charge in [-0.05, 0) is 17.7 Å². The van der Waals surface area contributed by atoms with Gasteiger partial charge in [-0.25, -0.2) is 0 Å². The lowest BCUT2D eigenvalue weighted by molar-refractivity contribution is 0.0644. The molecule has 126 valence electrons. The van der Waals surface area contributed by atoms with Gasteiger partial charge in [0.15, 0.2) is 0 Å². The van der Waals surface area contributed by atoms with Crippen LogP contribution in [0.1, 0.15) is 15.9 Å². The summed E-state index contributed by atoms with van der Waals surface area (Å²) in [4.78, 5) is 16.9. The first-order chi connectivity index (χ1) is 11.8. The Kier molecular flexibility index (Phi) is 6.33. The van der Waals surface area contributed by atoms with Crippen molar-refractivity contribution in [2.45, 2.75) is 5.75 Å². The van der Waals surface area contributed by atoms with Crippen LogP contribution in [0.2, 0.25) is 0 Å². The molecule has 1 aliphatic heterocycles. The Morgan fingerprint density at radius 1 is 0.875 bits per heavy atom. The minimum absolute atomic E-state index is 0.161. The van der Waals surface area contributed by atoms with Gasteiger partial charge in [0.25, 0.3) is 5.91 Å². The number of amides is 1. The average Bonchev–Trinajstić information content (AvgIpc) is 2.67. The monoisotopic (exact) mass is 340 g/mol. The zero-order valence-corrected chi connectivity index (χ0v) is 14.8. The molecule has 0 aliphatic carbocycles. The summed E-state index contributed by atoms with van der Waals surface area (Å²) in [5.41, 5.74) is 2.19. The van der Waals surface area contributed by atoms with Gasteiger partial charge in [0.2, 0.25) is 0 Å². The lowest BCUT2D eigenvalue weighted by Crippen LogP contribution is -2.49. The molecule has 0 unspecified atom stereocenters. The number of hydrogen-bond donors (Lipinski definition) is 0. The SMILES string of the molecule is O=C(c1ccccc1)N1CCN(CCSCc2ccccc2)CC1. The van der Waals surface area contributed by atoms with Gasteiger partial charge >= 0.3 is 0 Å². The lowest BCUT2D eigenvalue weighted by atomic mass is 10.2. The summed E-state index contributed by atoms with van der Waals surface area (Å²) in [5, 5.41) is 0. The summed E-state index contributed by atoms with van der Waals surface area (Å²) in [6.45, 7) is 4.72. The highest BCUT2D eigenvalue weighted by atomic mass is 32.2. The Bertz CT molecular complexity index is 625. The Labute approximate surface area is 148 Å². The number of nitrogens with zero attached hydrogens (tertiary/aromatic N) is 2. The molecular formula is C20H24N2OS. The lowest BCUT2D eigenvalue weighted by Gasteiger charge is -2.34. The average molecular weight is 340 g/mol. The zero-order chi connectivity index (χ0) is 16.6. The first-order valence-electron chi connectivity index (χ1n) is 8.51. The highest BCUT2D eigenvalue weighted by molar-refractivity contribution is 7.98. The summed E-state index contributed by atoms with van der Waals surface area (Å²) in [6, 6.07) is 20.2. The second-order valence-corrected chi connectivity index (χ2v) is 7.14. The molecule has 1 aliphatic rings. The van der Waals surface area contributed by atoms with E-state index in [0.29, 0.717) is 0 Å². The maximum Gasteiger partial charge on any atom is 0.253 e. The van der Waals surface area contributed by atoms with Crippen LogP contribution in [0.5, 0.6) is 0 Å². The zero-order valence-electron chi connectivity index (χ0n) is 13.9. The van der Waals surface area contributed by atoms with E-state index in [4.69, 9.17) is 0 Å². The van der Waals surface area contributed by atoms with Gasteiger partial charge in [0.05, 0.1) is 0 Å². The molecule has 1 saturated heterocycles. The van der Waals surface area contributed by atoms with Gasteiger partial charge in [-0.15, -0.1) is 0 Å². The normalized spacial score (nSPS) is 15.4. The van der Waals surface area contributed by atoms with Crippen molar-refractivity contribution in [3.63, 3.8) is 0 Å². The van der Waals surface area contributed by atoms with Crippen molar-refractivity contribution in [3.8, 4) is 0 Å². The van der Waals surface area contributed by atoms with Crippen molar-refractivity contribution in [2.24, 2.45) is 0 Å². The van der Waals surface area contributed by atoms with Crippen molar-refractivity contribution in [2.75, 3.05) is 38.5 Å². The minimum atomic E-state index is 0.161. The fourth-order valence-corrected chi connectivity index (χ4v) is 3.86. The molecule has 0 atom stereocenters. The number of piperazine rings is 1. The minimum Gasteiger partial charge on any atom is -0.336 e. The third kappa shape index (κ3) is 4.86. The molecule has 4 heteroatoms. The quantitative estimate of drug-likeness (QED) is 0.753. The Morgan fingerprint density at radius 3 is 2.17 bits per heavy atom. The van der Waals surface area contributed by atoms with E-state index < -0.39 is 0 Å². The van der Waals surface area contributed by atoms with E-state index >= 15 is 0 Å². The molecule has 3 rings (SSSR count). The Morgan fingerprint density at radius 2 is 1.50 bits per heavy atom. The van der Waals surface area contributed by atoms with Crippen LogP contribution in [0.25, 0.3) is 0 Å². The summed E-state index contributed by atoms with van der Waals surface area (Å²) < 4.78 is 0. The second-order valence-electron chi connectivity index (χ2n) is 6.04. The highest BCUT2D eigenvalue weighted by Gasteiger charge is 2.21. The first kappa shape index (κ1) is 17.1. The summed E-state index contributed by atoms with van der Waals surface area (Å²) in [6.07, 6.45) is 0. The fourth-order valence-electron chi connectivity index (χ4n) is 2.90. The number of carbonyl (C=O) groups excluding carboxylic acids is 1. The Balaban J connectivity index is 1.36. The van der Waals surface area contributed by atoms with Crippen LogP contribution >= 0.6 is 11.8 Å². The summed E-state index contributed by atoms with van der Waals surface area (Å²) in [7, 11) is 0. The van der Waals surface area contributed by atoms with Crippen molar-refractivity contribution >= 4 is 17.7 Å². The van der Waals surface area contributed by atoms with E-state index in [2.05, 4.69) is 35.2 Å². The van der Waals surface area contributed by atoms with Gasteiger partial charge in [-0.3, -0.25) is 9.69 Å². The van der Waals surface area contributed by atoms with E-state index in [1.165, 1.54) is 5.56 Å². The molecule has 0 N–H and O–H groups in total. The molecule has 0 radical (unpaired) electrons. The van der Waals surface area contributed by atoms with Crippen LogP contribution in [0.3, 0.4) is 0 Å². The molecule has 1 fully saturated rings. The van der Waals surface area contributed by atoms with Crippen molar-refractivity contribution in [1.29, 1.82) is 0 Å². The Hall–Kier alpha value is -1.78. The topological polar surface area (TPSA) is 23.6 Å². The van der Waals surface area contributed by atoms with Crippen molar-refractivity contribution < 1.29 is 4.79 Å². The van der Waals surface area contributed by atoms with Crippen LogP contribution in [0.15, 0.2) is 60.7 Å². The molecule has 2 aromatic carbocycles. The van der Waals surface area contributed by atoms with Crippen molar-refractivity contribution in [1.82, 2.24) is 9.80 Å². The molecule has 0 bridgehead atoms. The number of thioether (sulfide) groups is 1. The molecule has 3 nitrogen and oxygen atoms in total. The van der Waals surface area contributed by atoms with Crippen LogP contribution in [-0.2, 0) is 5.75 Å². The van der Waals surface area contributed by atoms with Crippen molar-refractivity contribution in [3.05, 3.63) is 71.8 Å². The first-order valence-corrected chi connectivity index (χ1v) is 9.67. The summed E-state index contributed by atoms with van der Waals surface area (Å²) in [5.74, 6) is 2.38. The van der Waals surface area contributed by atoms with Gasteiger partial charge in [-0.2, -0.15) is 11.8 Å². The number of rotatable bonds is 6. The van der Waals surface area contributed by atoms with Crippen LogP contribution in [0, 0.1) is 0 Å². The van der Waals surface area contributed by atoms with E-state index in [9.17, 15) is 4.79 Å². The van der Waals surface area contributed by atoms with E-state index in [0.717, 1.165) is 49.8 Å². The maximum absolute atomic E-state index is 12.4. The van der Waals surface area contributed by atoms with Crippen LogP contribution < -0.4 is 0 Å². The smallest absolute Gasteiger partial charge is 0.253 e. The van der Waals surface area contributed by atoms with Crippen LogP contribution in [-0.4, -0.2) is 54.2 Å². The van der Waals surface area contributed by atoms with E-state index in [1.807, 2.05) is 47.0 Å². The van der Waals surface area contributed by atoms with Gasteiger partial charge in [0.1, 0.15) is 0 Å².